The number of aliphatic carboxylic acids is 1. The number of carboxylic acid groups (broad SMARTS) is 1. The van der Waals surface area contributed by atoms with Crippen molar-refractivity contribution in [2.75, 3.05) is 11.9 Å². The molecule has 0 bridgehead atoms. The Morgan fingerprint density at radius 2 is 2.05 bits per heavy atom. The number of rotatable bonds is 4. The monoisotopic (exact) mass is 284 g/mol. The molecule has 3 rings (SSSR count). The summed E-state index contributed by atoms with van der Waals surface area (Å²) in [4.78, 5) is 16.2. The first kappa shape index (κ1) is 13.9. The Morgan fingerprint density at radius 3 is 2.76 bits per heavy atom. The quantitative estimate of drug-likeness (QED) is 0.900. The third-order valence-corrected chi connectivity index (χ3v) is 4.52. The van der Waals surface area contributed by atoms with Crippen molar-refractivity contribution >= 4 is 22.7 Å². The summed E-state index contributed by atoms with van der Waals surface area (Å²) in [5.74, 6) is 0.104. The molecule has 0 aliphatic heterocycles. The number of benzene rings is 1. The number of hydrogen-bond donors (Lipinski definition) is 2. The van der Waals surface area contributed by atoms with Gasteiger partial charge in [-0.2, -0.15) is 0 Å². The van der Waals surface area contributed by atoms with Crippen LogP contribution < -0.4 is 5.32 Å². The van der Waals surface area contributed by atoms with E-state index in [0.717, 1.165) is 48.0 Å². The van der Waals surface area contributed by atoms with E-state index in [2.05, 4.69) is 16.4 Å². The van der Waals surface area contributed by atoms with E-state index in [0.29, 0.717) is 6.54 Å². The lowest BCUT2D eigenvalue weighted by molar-refractivity contribution is -0.147. The van der Waals surface area contributed by atoms with Crippen LogP contribution in [0.15, 0.2) is 30.3 Å². The van der Waals surface area contributed by atoms with E-state index in [-0.39, 0.29) is 0 Å². The van der Waals surface area contributed by atoms with E-state index in [1.807, 2.05) is 31.2 Å². The summed E-state index contributed by atoms with van der Waals surface area (Å²) >= 11 is 0. The lowest BCUT2D eigenvalue weighted by atomic mass is 9.86. The second-order valence-electron chi connectivity index (χ2n) is 5.99. The molecule has 0 amide bonds. The van der Waals surface area contributed by atoms with Crippen molar-refractivity contribution in [2.24, 2.45) is 5.41 Å². The summed E-state index contributed by atoms with van der Waals surface area (Å²) in [6, 6.07) is 10.1. The zero-order valence-corrected chi connectivity index (χ0v) is 12.2. The third kappa shape index (κ3) is 2.58. The minimum Gasteiger partial charge on any atom is -0.481 e. The van der Waals surface area contributed by atoms with Crippen LogP contribution in [-0.2, 0) is 4.79 Å². The Labute approximate surface area is 124 Å². The fourth-order valence-electron chi connectivity index (χ4n) is 3.17. The molecule has 0 atom stereocenters. The van der Waals surface area contributed by atoms with E-state index in [1.165, 1.54) is 0 Å². The van der Waals surface area contributed by atoms with E-state index in [4.69, 9.17) is 0 Å². The number of anilines is 1. The van der Waals surface area contributed by atoms with Gasteiger partial charge >= 0.3 is 5.97 Å². The SMILES string of the molecule is Cc1cc2ccccc2nc1NCC1(C(=O)O)CCCC1. The number of aryl methyl sites for hydroxylation is 1. The van der Waals surface area contributed by atoms with Crippen LogP contribution in [0.4, 0.5) is 5.82 Å². The molecular formula is C17H20N2O2. The van der Waals surface area contributed by atoms with E-state index >= 15 is 0 Å². The average molecular weight is 284 g/mol. The maximum Gasteiger partial charge on any atom is 0.311 e. The summed E-state index contributed by atoms with van der Waals surface area (Å²) in [5, 5.41) is 13.9. The molecule has 1 aromatic heterocycles. The molecule has 4 nitrogen and oxygen atoms in total. The summed E-state index contributed by atoms with van der Waals surface area (Å²) in [6.07, 6.45) is 3.50. The molecule has 0 unspecified atom stereocenters. The molecular weight excluding hydrogens is 264 g/mol. The molecule has 4 heteroatoms. The molecule has 1 aromatic carbocycles. The molecule has 2 aromatic rings. The van der Waals surface area contributed by atoms with Crippen molar-refractivity contribution in [3.05, 3.63) is 35.9 Å². The molecule has 0 radical (unpaired) electrons. The number of aromatic nitrogens is 1. The number of hydrogen-bond acceptors (Lipinski definition) is 3. The summed E-state index contributed by atoms with van der Waals surface area (Å²) < 4.78 is 0. The predicted octanol–water partition coefficient (Wildman–Crippen LogP) is 3.60. The smallest absolute Gasteiger partial charge is 0.311 e. The van der Waals surface area contributed by atoms with E-state index in [9.17, 15) is 9.90 Å². The maximum atomic E-state index is 11.6. The number of para-hydroxylation sites is 1. The second kappa shape index (κ2) is 5.35. The predicted molar refractivity (Wildman–Crippen MR) is 83.5 cm³/mol. The van der Waals surface area contributed by atoms with Gasteiger partial charge in [-0.3, -0.25) is 4.79 Å². The first-order valence-corrected chi connectivity index (χ1v) is 7.44. The van der Waals surface area contributed by atoms with Gasteiger partial charge in [0.15, 0.2) is 0 Å². The van der Waals surface area contributed by atoms with Gasteiger partial charge in [0.1, 0.15) is 5.82 Å². The summed E-state index contributed by atoms with van der Waals surface area (Å²) in [7, 11) is 0. The van der Waals surface area contributed by atoms with Crippen LogP contribution in [0.25, 0.3) is 10.9 Å². The van der Waals surface area contributed by atoms with Crippen LogP contribution in [0.1, 0.15) is 31.2 Å². The Morgan fingerprint density at radius 1 is 1.33 bits per heavy atom. The number of fused-ring (bicyclic) bond motifs is 1. The molecule has 0 saturated heterocycles. The molecule has 1 aliphatic rings. The highest BCUT2D eigenvalue weighted by Gasteiger charge is 2.41. The number of carboxylic acids is 1. The molecule has 110 valence electrons. The van der Waals surface area contributed by atoms with Crippen LogP contribution in [0, 0.1) is 12.3 Å². The minimum atomic E-state index is -0.689. The largest absolute Gasteiger partial charge is 0.481 e. The van der Waals surface area contributed by atoms with Crippen molar-refractivity contribution in [1.82, 2.24) is 4.98 Å². The number of pyridine rings is 1. The normalized spacial score (nSPS) is 17.0. The molecule has 1 aliphatic carbocycles. The number of nitrogens with one attached hydrogen (secondary N) is 1. The van der Waals surface area contributed by atoms with Gasteiger partial charge in [0, 0.05) is 11.9 Å². The maximum absolute atomic E-state index is 11.6. The van der Waals surface area contributed by atoms with Crippen LogP contribution in [0.2, 0.25) is 0 Å². The van der Waals surface area contributed by atoms with Crippen molar-refractivity contribution in [1.29, 1.82) is 0 Å². The minimum absolute atomic E-state index is 0.453. The first-order valence-electron chi connectivity index (χ1n) is 7.44. The van der Waals surface area contributed by atoms with Gasteiger partial charge in [0.25, 0.3) is 0 Å². The molecule has 1 heterocycles. The van der Waals surface area contributed by atoms with E-state index < -0.39 is 11.4 Å². The van der Waals surface area contributed by atoms with Crippen molar-refractivity contribution in [2.45, 2.75) is 32.6 Å². The number of carbonyl (C=O) groups is 1. The molecule has 0 spiro atoms. The zero-order valence-electron chi connectivity index (χ0n) is 12.2. The Hall–Kier alpha value is -2.10. The van der Waals surface area contributed by atoms with Gasteiger partial charge in [-0.25, -0.2) is 4.98 Å². The Kier molecular flexibility index (Phi) is 3.53. The lowest BCUT2D eigenvalue weighted by Crippen LogP contribution is -2.35. The highest BCUT2D eigenvalue weighted by molar-refractivity contribution is 5.82. The Balaban J connectivity index is 1.84. The van der Waals surface area contributed by atoms with Crippen molar-refractivity contribution < 1.29 is 9.90 Å². The van der Waals surface area contributed by atoms with Gasteiger partial charge in [0.2, 0.25) is 0 Å². The standard InChI is InChI=1S/C17H20N2O2/c1-12-10-13-6-2-3-7-14(13)19-15(12)18-11-17(16(20)21)8-4-5-9-17/h2-3,6-7,10H,4-5,8-9,11H2,1H3,(H,18,19)(H,20,21). The summed E-state index contributed by atoms with van der Waals surface area (Å²) in [6.45, 7) is 2.46. The topological polar surface area (TPSA) is 62.2 Å². The highest BCUT2D eigenvalue weighted by atomic mass is 16.4. The molecule has 1 saturated carbocycles. The van der Waals surface area contributed by atoms with Crippen molar-refractivity contribution in [3.8, 4) is 0 Å². The third-order valence-electron chi connectivity index (χ3n) is 4.52. The zero-order chi connectivity index (χ0) is 14.9. The first-order chi connectivity index (χ1) is 10.1. The van der Waals surface area contributed by atoms with E-state index in [1.54, 1.807) is 0 Å². The van der Waals surface area contributed by atoms with Crippen LogP contribution in [0.5, 0.6) is 0 Å². The van der Waals surface area contributed by atoms with Crippen LogP contribution >= 0.6 is 0 Å². The van der Waals surface area contributed by atoms with Gasteiger partial charge < -0.3 is 10.4 Å². The van der Waals surface area contributed by atoms with Gasteiger partial charge in [-0.05, 0) is 37.5 Å². The van der Waals surface area contributed by atoms with Gasteiger partial charge in [-0.1, -0.05) is 31.0 Å². The molecule has 1 fully saturated rings. The van der Waals surface area contributed by atoms with Crippen LogP contribution in [-0.4, -0.2) is 22.6 Å². The highest BCUT2D eigenvalue weighted by Crippen LogP contribution is 2.38. The number of nitrogens with zero attached hydrogens (tertiary/aromatic N) is 1. The van der Waals surface area contributed by atoms with Crippen molar-refractivity contribution in [3.63, 3.8) is 0 Å². The summed E-state index contributed by atoms with van der Waals surface area (Å²) in [5.41, 5.74) is 1.35. The van der Waals surface area contributed by atoms with Crippen LogP contribution in [0.3, 0.4) is 0 Å². The molecule has 2 N–H and O–H groups in total. The lowest BCUT2D eigenvalue weighted by Gasteiger charge is -2.24. The van der Waals surface area contributed by atoms with Gasteiger partial charge in [-0.15, -0.1) is 0 Å². The Bertz CT molecular complexity index is 676. The second-order valence-corrected chi connectivity index (χ2v) is 5.99. The molecule has 21 heavy (non-hydrogen) atoms. The average Bonchev–Trinajstić information content (AvgIpc) is 2.95. The fraction of sp³-hybridized carbons (Fsp3) is 0.412. The van der Waals surface area contributed by atoms with Gasteiger partial charge in [0.05, 0.1) is 10.9 Å². The fourth-order valence-corrected chi connectivity index (χ4v) is 3.17.